The SMILES string of the molecule is Cc1ccccc1NC(=O)c1cc(Nc2ccccc2C#N)ccn1. The fraction of sp³-hybridized carbons (Fsp3) is 0.0500. The van der Waals surface area contributed by atoms with Crippen LogP contribution in [0.15, 0.2) is 66.9 Å². The molecule has 5 heteroatoms. The first kappa shape index (κ1) is 16.2. The largest absolute Gasteiger partial charge is 0.354 e. The Bertz CT molecular complexity index is 960. The summed E-state index contributed by atoms with van der Waals surface area (Å²) >= 11 is 0. The highest BCUT2D eigenvalue weighted by atomic mass is 16.1. The Hall–Kier alpha value is -3.65. The molecular weight excluding hydrogens is 312 g/mol. The Morgan fingerprint density at radius 2 is 1.76 bits per heavy atom. The van der Waals surface area contributed by atoms with Crippen LogP contribution in [0.2, 0.25) is 0 Å². The highest BCUT2D eigenvalue weighted by molar-refractivity contribution is 6.03. The Kier molecular flexibility index (Phi) is 4.72. The normalized spacial score (nSPS) is 9.92. The van der Waals surface area contributed by atoms with Crippen molar-refractivity contribution in [3.63, 3.8) is 0 Å². The van der Waals surface area contributed by atoms with E-state index in [1.165, 1.54) is 0 Å². The van der Waals surface area contributed by atoms with E-state index in [1.807, 2.05) is 43.3 Å². The van der Waals surface area contributed by atoms with Gasteiger partial charge in [0, 0.05) is 17.6 Å². The van der Waals surface area contributed by atoms with Gasteiger partial charge in [0.25, 0.3) is 5.91 Å². The van der Waals surface area contributed by atoms with E-state index in [9.17, 15) is 4.79 Å². The van der Waals surface area contributed by atoms with Crippen LogP contribution in [0.5, 0.6) is 0 Å². The highest BCUT2D eigenvalue weighted by Gasteiger charge is 2.10. The number of aromatic nitrogens is 1. The number of carbonyl (C=O) groups excluding carboxylic acids is 1. The van der Waals surface area contributed by atoms with E-state index in [1.54, 1.807) is 30.5 Å². The monoisotopic (exact) mass is 328 g/mol. The van der Waals surface area contributed by atoms with Crippen molar-refractivity contribution in [2.75, 3.05) is 10.6 Å². The summed E-state index contributed by atoms with van der Waals surface area (Å²) in [7, 11) is 0. The Morgan fingerprint density at radius 3 is 2.52 bits per heavy atom. The van der Waals surface area contributed by atoms with E-state index in [0.29, 0.717) is 22.6 Å². The molecule has 5 nitrogen and oxygen atoms in total. The van der Waals surface area contributed by atoms with Gasteiger partial charge in [0.2, 0.25) is 0 Å². The molecule has 25 heavy (non-hydrogen) atoms. The number of nitrogens with one attached hydrogen (secondary N) is 2. The first-order valence-corrected chi connectivity index (χ1v) is 7.76. The molecule has 1 aromatic heterocycles. The van der Waals surface area contributed by atoms with Gasteiger partial charge < -0.3 is 10.6 Å². The standard InChI is InChI=1S/C20H16N4O/c1-14-6-2-4-8-17(14)24-20(25)19-12-16(10-11-22-19)23-18-9-5-3-7-15(18)13-21/h2-12H,1H3,(H,22,23)(H,24,25). The zero-order valence-corrected chi connectivity index (χ0v) is 13.7. The molecule has 0 radical (unpaired) electrons. The molecule has 0 aliphatic heterocycles. The molecule has 1 amide bonds. The molecular formula is C20H16N4O. The molecule has 0 aliphatic rings. The van der Waals surface area contributed by atoms with Crippen LogP contribution in [0, 0.1) is 18.3 Å². The van der Waals surface area contributed by atoms with Gasteiger partial charge in [-0.05, 0) is 42.8 Å². The van der Waals surface area contributed by atoms with Gasteiger partial charge in [-0.2, -0.15) is 5.26 Å². The fourth-order valence-electron chi connectivity index (χ4n) is 2.38. The lowest BCUT2D eigenvalue weighted by Crippen LogP contribution is -2.14. The lowest BCUT2D eigenvalue weighted by Gasteiger charge is -2.10. The number of hydrogen-bond acceptors (Lipinski definition) is 4. The number of hydrogen-bond donors (Lipinski definition) is 2. The third-order valence-electron chi connectivity index (χ3n) is 3.71. The van der Waals surface area contributed by atoms with Crippen molar-refractivity contribution in [3.05, 3.63) is 83.7 Å². The molecule has 3 aromatic rings. The summed E-state index contributed by atoms with van der Waals surface area (Å²) in [4.78, 5) is 16.6. The molecule has 0 saturated heterocycles. The molecule has 122 valence electrons. The van der Waals surface area contributed by atoms with Gasteiger partial charge in [-0.15, -0.1) is 0 Å². The van der Waals surface area contributed by atoms with Crippen LogP contribution in [0.3, 0.4) is 0 Å². The smallest absolute Gasteiger partial charge is 0.274 e. The van der Waals surface area contributed by atoms with Crippen LogP contribution in [-0.2, 0) is 0 Å². The minimum Gasteiger partial charge on any atom is -0.354 e. The molecule has 3 rings (SSSR count). The summed E-state index contributed by atoms with van der Waals surface area (Å²) in [5.41, 5.74) is 3.93. The van der Waals surface area contributed by atoms with Crippen LogP contribution in [-0.4, -0.2) is 10.9 Å². The number of pyridine rings is 1. The molecule has 1 heterocycles. The van der Waals surface area contributed by atoms with Crippen LogP contribution < -0.4 is 10.6 Å². The van der Waals surface area contributed by atoms with Gasteiger partial charge >= 0.3 is 0 Å². The molecule has 0 unspecified atom stereocenters. The number of para-hydroxylation sites is 2. The number of aryl methyl sites for hydroxylation is 1. The Balaban J connectivity index is 1.81. The van der Waals surface area contributed by atoms with E-state index in [0.717, 1.165) is 11.3 Å². The van der Waals surface area contributed by atoms with Crippen LogP contribution in [0.4, 0.5) is 17.1 Å². The predicted octanol–water partition coefficient (Wildman–Crippen LogP) is 4.26. The van der Waals surface area contributed by atoms with Crippen molar-refractivity contribution in [3.8, 4) is 6.07 Å². The van der Waals surface area contributed by atoms with E-state index < -0.39 is 0 Å². The number of nitrogens with zero attached hydrogens (tertiary/aromatic N) is 2. The number of nitriles is 1. The second kappa shape index (κ2) is 7.28. The molecule has 2 N–H and O–H groups in total. The van der Waals surface area contributed by atoms with Crippen molar-refractivity contribution in [2.24, 2.45) is 0 Å². The Morgan fingerprint density at radius 1 is 1.04 bits per heavy atom. The number of benzene rings is 2. The second-order valence-corrected chi connectivity index (χ2v) is 5.48. The quantitative estimate of drug-likeness (QED) is 0.750. The third-order valence-corrected chi connectivity index (χ3v) is 3.71. The fourth-order valence-corrected chi connectivity index (χ4v) is 2.38. The first-order valence-electron chi connectivity index (χ1n) is 7.76. The molecule has 0 atom stereocenters. The number of rotatable bonds is 4. The van der Waals surface area contributed by atoms with Crippen LogP contribution in [0.25, 0.3) is 0 Å². The topological polar surface area (TPSA) is 77.8 Å². The van der Waals surface area contributed by atoms with Crippen molar-refractivity contribution >= 4 is 23.0 Å². The maximum absolute atomic E-state index is 12.4. The lowest BCUT2D eigenvalue weighted by molar-refractivity contribution is 0.102. The van der Waals surface area contributed by atoms with E-state index in [2.05, 4.69) is 21.7 Å². The van der Waals surface area contributed by atoms with Gasteiger partial charge in [0.15, 0.2) is 0 Å². The van der Waals surface area contributed by atoms with Gasteiger partial charge in [0.1, 0.15) is 11.8 Å². The molecule has 0 aliphatic carbocycles. The molecule has 0 saturated carbocycles. The van der Waals surface area contributed by atoms with Gasteiger partial charge in [-0.3, -0.25) is 9.78 Å². The number of carbonyl (C=O) groups is 1. The predicted molar refractivity (Wildman–Crippen MR) is 97.8 cm³/mol. The number of amides is 1. The summed E-state index contributed by atoms with van der Waals surface area (Å²) < 4.78 is 0. The third kappa shape index (κ3) is 3.82. The van der Waals surface area contributed by atoms with Gasteiger partial charge in [0.05, 0.1) is 11.3 Å². The summed E-state index contributed by atoms with van der Waals surface area (Å²) in [5.74, 6) is -0.286. The average molecular weight is 328 g/mol. The summed E-state index contributed by atoms with van der Waals surface area (Å²) in [6.45, 7) is 1.93. The zero-order chi connectivity index (χ0) is 17.6. The van der Waals surface area contributed by atoms with E-state index in [-0.39, 0.29) is 5.91 Å². The molecule has 2 aromatic carbocycles. The molecule has 0 spiro atoms. The second-order valence-electron chi connectivity index (χ2n) is 5.48. The summed E-state index contributed by atoms with van der Waals surface area (Å²) in [6.07, 6.45) is 1.56. The van der Waals surface area contributed by atoms with E-state index >= 15 is 0 Å². The maximum atomic E-state index is 12.4. The van der Waals surface area contributed by atoms with Gasteiger partial charge in [-0.1, -0.05) is 30.3 Å². The minimum atomic E-state index is -0.286. The molecule has 0 bridgehead atoms. The van der Waals surface area contributed by atoms with Crippen molar-refractivity contribution in [1.29, 1.82) is 5.26 Å². The van der Waals surface area contributed by atoms with Gasteiger partial charge in [-0.25, -0.2) is 0 Å². The van der Waals surface area contributed by atoms with E-state index in [4.69, 9.17) is 5.26 Å². The minimum absolute atomic E-state index is 0.286. The lowest BCUT2D eigenvalue weighted by atomic mass is 10.2. The highest BCUT2D eigenvalue weighted by Crippen LogP contribution is 2.21. The maximum Gasteiger partial charge on any atom is 0.274 e. The Labute approximate surface area is 146 Å². The number of anilines is 3. The van der Waals surface area contributed by atoms with Crippen LogP contribution >= 0.6 is 0 Å². The summed E-state index contributed by atoms with van der Waals surface area (Å²) in [6, 6.07) is 20.3. The van der Waals surface area contributed by atoms with Crippen molar-refractivity contribution < 1.29 is 4.79 Å². The summed E-state index contributed by atoms with van der Waals surface area (Å²) in [5, 5.41) is 15.2. The van der Waals surface area contributed by atoms with Crippen molar-refractivity contribution in [1.82, 2.24) is 4.98 Å². The van der Waals surface area contributed by atoms with Crippen LogP contribution in [0.1, 0.15) is 21.6 Å². The zero-order valence-electron chi connectivity index (χ0n) is 13.7. The first-order chi connectivity index (χ1) is 12.2. The van der Waals surface area contributed by atoms with Crippen molar-refractivity contribution in [2.45, 2.75) is 6.92 Å². The average Bonchev–Trinajstić information content (AvgIpc) is 2.64. The molecule has 0 fully saturated rings.